The van der Waals surface area contributed by atoms with Crippen LogP contribution in [-0.4, -0.2) is 11.2 Å². The van der Waals surface area contributed by atoms with E-state index in [1.165, 1.54) is 5.48 Å². The number of carbonyl (C=O) groups excluding carboxylic acids is 1. The van der Waals surface area contributed by atoms with Gasteiger partial charge in [0.25, 0.3) is 0 Å². The van der Waals surface area contributed by atoms with Crippen LogP contribution in [0.4, 0.5) is 4.79 Å². The molecule has 6 heteroatoms. The maximum Gasteiger partial charge on any atom is 0.353 e. The number of rotatable bonds is 1. The number of amides is 2. The van der Waals surface area contributed by atoms with Crippen LogP contribution < -0.4 is 15.9 Å². The Hall–Kier alpha value is -0.520. The van der Waals surface area contributed by atoms with Gasteiger partial charge in [0.05, 0.1) is 0 Å². The van der Waals surface area contributed by atoms with Gasteiger partial charge in [0.1, 0.15) is 0 Å². The smallest absolute Gasteiger partial charge is 0.287 e. The standard InChI is InChI=1S/CH4ClN3O2/c2-5-3-1(6)4-7/h5,7H,(H2,3,4,6). The molecule has 0 aromatic rings. The maximum absolute atomic E-state index is 9.79. The molecule has 0 saturated heterocycles. The second kappa shape index (κ2) is 3.66. The van der Waals surface area contributed by atoms with Crippen LogP contribution in [0.3, 0.4) is 0 Å². The van der Waals surface area contributed by atoms with E-state index in [-0.39, 0.29) is 0 Å². The Bertz CT molecular complexity index is 66.0. The minimum atomic E-state index is -0.810. The van der Waals surface area contributed by atoms with Crippen molar-refractivity contribution in [1.29, 1.82) is 0 Å². The third kappa shape index (κ3) is 3.31. The maximum atomic E-state index is 9.79. The first-order chi connectivity index (χ1) is 3.31. The fraction of sp³-hybridized carbons (Fsp3) is 0. The van der Waals surface area contributed by atoms with Gasteiger partial charge in [0.2, 0.25) is 0 Å². The summed E-state index contributed by atoms with van der Waals surface area (Å²) in [5.74, 6) is 0. The summed E-state index contributed by atoms with van der Waals surface area (Å²) in [6.45, 7) is 0. The Labute approximate surface area is 44.7 Å². The molecule has 0 aromatic carbocycles. The Morgan fingerprint density at radius 3 is 2.43 bits per heavy atom. The van der Waals surface area contributed by atoms with Crippen LogP contribution >= 0.6 is 11.8 Å². The normalized spacial score (nSPS) is 7.71. The molecule has 0 aromatic heterocycles. The monoisotopic (exact) mass is 125 g/mol. The molecule has 0 aliphatic carbocycles. The lowest BCUT2D eigenvalue weighted by Gasteiger charge is -1.94. The van der Waals surface area contributed by atoms with Crippen molar-refractivity contribution in [3.63, 3.8) is 0 Å². The van der Waals surface area contributed by atoms with Crippen molar-refractivity contribution >= 4 is 17.8 Å². The number of hydrogen-bond acceptors (Lipinski definition) is 3. The predicted octanol–water partition coefficient (Wildman–Crippen LogP) is -0.667. The number of nitrogens with one attached hydrogen (secondary N) is 3. The van der Waals surface area contributed by atoms with Gasteiger partial charge in [-0.2, -0.15) is 0 Å². The summed E-state index contributed by atoms with van der Waals surface area (Å²) in [5, 5.41) is 7.71. The molecule has 0 aliphatic rings. The van der Waals surface area contributed by atoms with E-state index in [0.717, 1.165) is 0 Å². The molecule has 5 nitrogen and oxygen atoms in total. The summed E-state index contributed by atoms with van der Waals surface area (Å²) < 4.78 is 0. The summed E-state index contributed by atoms with van der Waals surface area (Å²) in [4.78, 5) is 11.6. The van der Waals surface area contributed by atoms with Crippen LogP contribution in [0.25, 0.3) is 0 Å². The van der Waals surface area contributed by atoms with E-state index in [9.17, 15) is 4.79 Å². The lowest BCUT2D eigenvalue weighted by molar-refractivity contribution is 0.160. The largest absolute Gasteiger partial charge is 0.353 e. The molecule has 0 bridgehead atoms. The molecular formula is CH4ClN3O2. The number of hydrazine groups is 1. The predicted molar refractivity (Wildman–Crippen MR) is 22.4 cm³/mol. The first kappa shape index (κ1) is 6.48. The Kier molecular flexibility index (Phi) is 3.39. The second-order valence-corrected chi connectivity index (χ2v) is 0.849. The third-order valence-electron chi connectivity index (χ3n) is 0.262. The van der Waals surface area contributed by atoms with Crippen molar-refractivity contribution in [2.24, 2.45) is 0 Å². The molecule has 42 valence electrons. The van der Waals surface area contributed by atoms with Crippen molar-refractivity contribution < 1.29 is 10.0 Å². The zero-order valence-electron chi connectivity index (χ0n) is 3.23. The minimum Gasteiger partial charge on any atom is -0.287 e. The van der Waals surface area contributed by atoms with Crippen LogP contribution in [-0.2, 0) is 0 Å². The zero-order valence-corrected chi connectivity index (χ0v) is 3.99. The zero-order chi connectivity index (χ0) is 5.70. The number of hydroxylamine groups is 1. The fourth-order valence-corrected chi connectivity index (χ4v) is 0.157. The van der Waals surface area contributed by atoms with Gasteiger partial charge in [0.15, 0.2) is 0 Å². The average molecular weight is 126 g/mol. The second-order valence-electron chi connectivity index (χ2n) is 0.660. The van der Waals surface area contributed by atoms with Crippen molar-refractivity contribution in [2.75, 3.05) is 0 Å². The number of halogens is 1. The van der Waals surface area contributed by atoms with Crippen LogP contribution in [0.15, 0.2) is 0 Å². The third-order valence-corrected chi connectivity index (χ3v) is 0.357. The summed E-state index contributed by atoms with van der Waals surface area (Å²) in [6.07, 6.45) is 0. The fourth-order valence-electron chi connectivity index (χ4n) is 0.0709. The molecule has 0 radical (unpaired) electrons. The number of carbonyl (C=O) groups is 1. The topological polar surface area (TPSA) is 73.4 Å². The summed E-state index contributed by atoms with van der Waals surface area (Å²) in [5.41, 5.74) is 3.08. The van der Waals surface area contributed by atoms with Gasteiger partial charge in [-0.25, -0.2) is 10.3 Å². The highest BCUT2D eigenvalue weighted by Crippen LogP contribution is 1.54. The van der Waals surface area contributed by atoms with Crippen LogP contribution in [0.2, 0.25) is 0 Å². The summed E-state index contributed by atoms with van der Waals surface area (Å²) in [7, 11) is 0. The van der Waals surface area contributed by atoms with Crippen molar-refractivity contribution in [3.05, 3.63) is 0 Å². The van der Waals surface area contributed by atoms with E-state index in [1.54, 1.807) is 4.94 Å². The Morgan fingerprint density at radius 1 is 1.71 bits per heavy atom. The molecular weight excluding hydrogens is 121 g/mol. The van der Waals surface area contributed by atoms with E-state index in [4.69, 9.17) is 17.0 Å². The van der Waals surface area contributed by atoms with Crippen molar-refractivity contribution in [1.82, 2.24) is 15.9 Å². The summed E-state index contributed by atoms with van der Waals surface area (Å²) in [6, 6.07) is -0.810. The van der Waals surface area contributed by atoms with Crippen molar-refractivity contribution in [2.45, 2.75) is 0 Å². The highest BCUT2D eigenvalue weighted by molar-refractivity contribution is 6.13. The average Bonchev–Trinajstić information content (AvgIpc) is 1.68. The van der Waals surface area contributed by atoms with E-state index >= 15 is 0 Å². The molecule has 0 fully saturated rings. The molecule has 0 saturated carbocycles. The molecule has 0 atom stereocenters. The molecule has 0 spiro atoms. The first-order valence-corrected chi connectivity index (χ1v) is 1.74. The van der Waals surface area contributed by atoms with Gasteiger partial charge in [0, 0.05) is 0 Å². The van der Waals surface area contributed by atoms with Crippen LogP contribution in [0.1, 0.15) is 0 Å². The highest BCUT2D eigenvalue weighted by atomic mass is 35.5. The quantitative estimate of drug-likeness (QED) is 0.213. The lowest BCUT2D eigenvalue weighted by Crippen LogP contribution is -2.38. The van der Waals surface area contributed by atoms with E-state index in [2.05, 4.69) is 0 Å². The molecule has 0 rings (SSSR count). The highest BCUT2D eigenvalue weighted by Gasteiger charge is 1.88. The van der Waals surface area contributed by atoms with Crippen molar-refractivity contribution in [3.8, 4) is 0 Å². The van der Waals surface area contributed by atoms with Gasteiger partial charge < -0.3 is 0 Å². The lowest BCUT2D eigenvalue weighted by atomic mass is 11.1. The molecule has 0 aliphatic heterocycles. The molecule has 2 amide bonds. The van der Waals surface area contributed by atoms with Gasteiger partial charge in [-0.1, -0.05) is 0 Å². The molecule has 0 unspecified atom stereocenters. The number of hydrogen-bond donors (Lipinski definition) is 4. The van der Waals surface area contributed by atoms with E-state index in [1.807, 2.05) is 5.43 Å². The Balaban J connectivity index is 3.00. The molecule has 4 N–H and O–H groups in total. The van der Waals surface area contributed by atoms with Gasteiger partial charge in [-0.15, -0.1) is 4.94 Å². The van der Waals surface area contributed by atoms with Crippen LogP contribution in [0, 0.1) is 0 Å². The summed E-state index contributed by atoms with van der Waals surface area (Å²) >= 11 is 4.74. The van der Waals surface area contributed by atoms with Gasteiger partial charge >= 0.3 is 6.03 Å². The minimum absolute atomic E-state index is 0.810. The molecule has 0 heterocycles. The van der Waals surface area contributed by atoms with E-state index in [0.29, 0.717) is 0 Å². The van der Waals surface area contributed by atoms with Gasteiger partial charge in [-0.05, 0) is 11.8 Å². The van der Waals surface area contributed by atoms with E-state index < -0.39 is 6.03 Å². The molecule has 7 heavy (non-hydrogen) atoms. The van der Waals surface area contributed by atoms with Crippen LogP contribution in [0.5, 0.6) is 0 Å². The first-order valence-electron chi connectivity index (χ1n) is 1.37. The Morgan fingerprint density at radius 2 is 2.29 bits per heavy atom. The SMILES string of the molecule is O=C(NO)NNCl. The van der Waals surface area contributed by atoms with Gasteiger partial charge in [-0.3, -0.25) is 10.6 Å². The number of urea groups is 1.